The number of anilines is 1. The summed E-state index contributed by atoms with van der Waals surface area (Å²) in [5.74, 6) is -0.338. The number of nitrogens with zero attached hydrogens (tertiary/aromatic N) is 1. The first kappa shape index (κ1) is 20.4. The van der Waals surface area contributed by atoms with Gasteiger partial charge in [-0.25, -0.2) is 4.98 Å². The lowest BCUT2D eigenvalue weighted by molar-refractivity contribution is 0.0977. The molecule has 6 heteroatoms. The van der Waals surface area contributed by atoms with E-state index in [1.807, 2.05) is 54.6 Å². The average molecular weight is 426 g/mol. The molecule has 5 nitrogen and oxygen atoms in total. The Labute approximate surface area is 185 Å². The Bertz CT molecular complexity index is 1290. The number of aromatic nitrogens is 1. The molecule has 0 aliphatic heterocycles. The Balaban J connectivity index is 1.59. The van der Waals surface area contributed by atoms with Crippen LogP contribution in [-0.2, 0) is 0 Å². The quantitative estimate of drug-likeness (QED) is 0.346. The number of fused-ring (bicyclic) bond motifs is 1. The first-order valence-electron chi connectivity index (χ1n) is 9.70. The maximum absolute atomic E-state index is 13.1. The fourth-order valence-electron chi connectivity index (χ4n) is 3.24. The highest BCUT2D eigenvalue weighted by atomic mass is 32.1. The number of pyridine rings is 1. The third kappa shape index (κ3) is 4.65. The summed E-state index contributed by atoms with van der Waals surface area (Å²) < 4.78 is 0. The van der Waals surface area contributed by atoms with Gasteiger partial charge in [0, 0.05) is 22.2 Å². The summed E-state index contributed by atoms with van der Waals surface area (Å²) in [6, 6.07) is 25.9. The summed E-state index contributed by atoms with van der Waals surface area (Å²) in [5, 5.41) is 6.63. The van der Waals surface area contributed by atoms with E-state index >= 15 is 0 Å². The van der Waals surface area contributed by atoms with Crippen LogP contribution in [0.4, 0.5) is 5.69 Å². The minimum Gasteiger partial charge on any atom is -0.332 e. The lowest BCUT2D eigenvalue weighted by atomic mass is 10.0. The molecule has 152 valence electrons. The third-order valence-corrected chi connectivity index (χ3v) is 5.01. The molecule has 1 amide bonds. The summed E-state index contributed by atoms with van der Waals surface area (Å²) >= 11 is 5.32. The second-order valence-corrected chi connectivity index (χ2v) is 7.39. The van der Waals surface area contributed by atoms with Crippen molar-refractivity contribution in [1.82, 2.24) is 10.3 Å². The fraction of sp³-hybridized carbons (Fsp3) is 0.0400. The number of Topliss-reactive ketones (excluding diaryl/α,β-unsaturated/α-hetero) is 1. The van der Waals surface area contributed by atoms with Crippen molar-refractivity contribution in [3.8, 4) is 11.3 Å². The van der Waals surface area contributed by atoms with Gasteiger partial charge in [0.25, 0.3) is 5.91 Å². The Hall–Kier alpha value is -3.90. The predicted octanol–water partition coefficient (Wildman–Crippen LogP) is 5.23. The van der Waals surface area contributed by atoms with Gasteiger partial charge < -0.3 is 5.32 Å². The van der Waals surface area contributed by atoms with Crippen LogP contribution in [0.1, 0.15) is 27.6 Å². The molecule has 4 rings (SSSR count). The average Bonchev–Trinajstić information content (AvgIpc) is 2.79. The Morgan fingerprint density at radius 3 is 2.26 bits per heavy atom. The maximum Gasteiger partial charge on any atom is 0.258 e. The highest BCUT2D eigenvalue weighted by molar-refractivity contribution is 7.80. The lowest BCUT2D eigenvalue weighted by Gasteiger charge is -2.12. The van der Waals surface area contributed by atoms with E-state index < -0.39 is 0 Å². The van der Waals surface area contributed by atoms with Gasteiger partial charge in [-0.1, -0.05) is 48.5 Å². The third-order valence-electron chi connectivity index (χ3n) is 4.81. The summed E-state index contributed by atoms with van der Waals surface area (Å²) in [5.41, 5.74) is 4.14. The molecular formula is C25H19N3O2S. The van der Waals surface area contributed by atoms with Crippen molar-refractivity contribution in [1.29, 1.82) is 0 Å². The largest absolute Gasteiger partial charge is 0.332 e. The molecule has 31 heavy (non-hydrogen) atoms. The predicted molar refractivity (Wildman–Crippen MR) is 127 cm³/mol. The molecule has 0 unspecified atom stereocenters. The van der Waals surface area contributed by atoms with Crippen molar-refractivity contribution in [2.45, 2.75) is 6.92 Å². The van der Waals surface area contributed by atoms with Crippen molar-refractivity contribution < 1.29 is 9.59 Å². The van der Waals surface area contributed by atoms with Crippen molar-refractivity contribution in [3.63, 3.8) is 0 Å². The maximum atomic E-state index is 13.1. The van der Waals surface area contributed by atoms with Gasteiger partial charge in [-0.05, 0) is 55.5 Å². The van der Waals surface area contributed by atoms with E-state index in [-0.39, 0.29) is 16.8 Å². The molecule has 0 radical (unpaired) electrons. The highest BCUT2D eigenvalue weighted by Crippen LogP contribution is 2.24. The number of hydrogen-bond donors (Lipinski definition) is 2. The van der Waals surface area contributed by atoms with Gasteiger partial charge in [0.2, 0.25) is 0 Å². The molecule has 1 heterocycles. The van der Waals surface area contributed by atoms with Gasteiger partial charge in [0.1, 0.15) is 0 Å². The molecule has 2 N–H and O–H groups in total. The molecule has 0 spiro atoms. The number of para-hydroxylation sites is 1. The molecule has 0 saturated carbocycles. The van der Waals surface area contributed by atoms with Gasteiger partial charge in [-0.15, -0.1) is 0 Å². The van der Waals surface area contributed by atoms with Crippen LogP contribution < -0.4 is 10.6 Å². The zero-order chi connectivity index (χ0) is 21.8. The summed E-state index contributed by atoms with van der Waals surface area (Å²) in [7, 11) is 0. The van der Waals surface area contributed by atoms with E-state index in [0.29, 0.717) is 22.5 Å². The molecule has 0 aliphatic rings. The van der Waals surface area contributed by atoms with Gasteiger partial charge in [-0.3, -0.25) is 14.9 Å². The first-order chi connectivity index (χ1) is 15.0. The standard InChI is InChI=1S/C25H19N3O2S/c1-16(29)17-11-13-19(14-12-17)26-25(31)28-24(30)21-15-23(18-7-3-2-4-8-18)27-22-10-6-5-9-20(21)22/h2-15H,1H3,(H2,26,28,30,31). The number of rotatable bonds is 4. The smallest absolute Gasteiger partial charge is 0.258 e. The second kappa shape index (κ2) is 8.85. The number of amides is 1. The van der Waals surface area contributed by atoms with Crippen LogP contribution in [0.3, 0.4) is 0 Å². The van der Waals surface area contributed by atoms with Crippen LogP contribution in [0.5, 0.6) is 0 Å². The van der Waals surface area contributed by atoms with Crippen LogP contribution in [0.25, 0.3) is 22.2 Å². The highest BCUT2D eigenvalue weighted by Gasteiger charge is 2.15. The number of carbonyl (C=O) groups excluding carboxylic acids is 2. The summed E-state index contributed by atoms with van der Waals surface area (Å²) in [6.45, 7) is 1.51. The first-order valence-corrected chi connectivity index (χ1v) is 10.1. The fourth-order valence-corrected chi connectivity index (χ4v) is 3.45. The topological polar surface area (TPSA) is 71.1 Å². The van der Waals surface area contributed by atoms with E-state index in [1.165, 1.54) is 6.92 Å². The van der Waals surface area contributed by atoms with E-state index in [4.69, 9.17) is 17.2 Å². The van der Waals surface area contributed by atoms with E-state index in [1.54, 1.807) is 30.3 Å². The van der Waals surface area contributed by atoms with Gasteiger partial charge in [0.15, 0.2) is 10.9 Å². The van der Waals surface area contributed by atoms with E-state index in [9.17, 15) is 9.59 Å². The van der Waals surface area contributed by atoms with Crippen LogP contribution >= 0.6 is 12.2 Å². The number of benzene rings is 3. The van der Waals surface area contributed by atoms with E-state index in [0.717, 1.165) is 16.5 Å². The zero-order valence-corrected chi connectivity index (χ0v) is 17.6. The summed E-state index contributed by atoms with van der Waals surface area (Å²) in [4.78, 5) is 29.2. The second-order valence-electron chi connectivity index (χ2n) is 6.98. The minimum absolute atomic E-state index is 0.0128. The normalized spacial score (nSPS) is 10.5. The molecule has 0 atom stereocenters. The molecule has 0 aliphatic carbocycles. The summed E-state index contributed by atoms with van der Waals surface area (Å²) in [6.07, 6.45) is 0. The van der Waals surface area contributed by atoms with Crippen molar-refractivity contribution in [2.24, 2.45) is 0 Å². The number of nitrogens with one attached hydrogen (secondary N) is 2. The van der Waals surface area contributed by atoms with Crippen LogP contribution in [-0.4, -0.2) is 21.8 Å². The Morgan fingerprint density at radius 2 is 1.55 bits per heavy atom. The number of hydrogen-bond acceptors (Lipinski definition) is 4. The number of ketones is 1. The monoisotopic (exact) mass is 425 g/mol. The number of carbonyl (C=O) groups is 2. The molecular weight excluding hydrogens is 406 g/mol. The van der Waals surface area contributed by atoms with Crippen molar-refractivity contribution in [2.75, 3.05) is 5.32 Å². The number of thiocarbonyl (C=S) groups is 1. The van der Waals surface area contributed by atoms with Gasteiger partial charge in [-0.2, -0.15) is 0 Å². The van der Waals surface area contributed by atoms with Crippen LogP contribution in [0.2, 0.25) is 0 Å². The van der Waals surface area contributed by atoms with Crippen LogP contribution in [0, 0.1) is 0 Å². The minimum atomic E-state index is -0.325. The van der Waals surface area contributed by atoms with Crippen molar-refractivity contribution >= 4 is 45.6 Å². The molecule has 0 bridgehead atoms. The molecule has 4 aromatic rings. The molecule has 0 saturated heterocycles. The Morgan fingerprint density at radius 1 is 0.871 bits per heavy atom. The molecule has 1 aromatic heterocycles. The van der Waals surface area contributed by atoms with Crippen molar-refractivity contribution in [3.05, 3.63) is 96.1 Å². The molecule has 0 fully saturated rings. The molecule has 3 aromatic carbocycles. The van der Waals surface area contributed by atoms with Crippen LogP contribution in [0.15, 0.2) is 84.9 Å². The lowest BCUT2D eigenvalue weighted by Crippen LogP contribution is -2.34. The SMILES string of the molecule is CC(=O)c1ccc(NC(=S)NC(=O)c2cc(-c3ccccc3)nc3ccccc23)cc1. The van der Waals surface area contributed by atoms with Gasteiger partial charge >= 0.3 is 0 Å². The zero-order valence-electron chi connectivity index (χ0n) is 16.8. The van der Waals surface area contributed by atoms with E-state index in [2.05, 4.69) is 10.6 Å². The van der Waals surface area contributed by atoms with Gasteiger partial charge in [0.05, 0.1) is 16.8 Å². The Kier molecular flexibility index (Phi) is 5.82.